The number of amides is 1. The molecule has 0 aliphatic rings. The summed E-state index contributed by atoms with van der Waals surface area (Å²) in [6.45, 7) is 0.339. The Hall–Kier alpha value is -2.80. The summed E-state index contributed by atoms with van der Waals surface area (Å²) < 4.78 is 11.8. The fourth-order valence-corrected chi connectivity index (χ4v) is 3.13. The minimum atomic E-state index is -0.831. The average molecular weight is 443 g/mol. The molecule has 0 fully saturated rings. The first-order valence-corrected chi connectivity index (χ1v) is 10.1. The van der Waals surface area contributed by atoms with Gasteiger partial charge in [0.2, 0.25) is 5.91 Å². The van der Waals surface area contributed by atoms with Crippen molar-refractivity contribution in [2.75, 3.05) is 6.61 Å². The number of nitrogens with two attached hydrogens (primary N) is 1. The van der Waals surface area contributed by atoms with Crippen molar-refractivity contribution in [3.05, 3.63) is 78.4 Å². The number of aliphatic carboxylic acids is 1. The van der Waals surface area contributed by atoms with Gasteiger partial charge in [-0.15, -0.1) is 0 Å². The number of carbonyl (C=O) groups excluding carboxylic acids is 1. The molecule has 0 bridgehead atoms. The summed E-state index contributed by atoms with van der Waals surface area (Å²) in [4.78, 5) is 22.0. The van der Waals surface area contributed by atoms with Gasteiger partial charge >= 0.3 is 35.5 Å². The SMILES string of the molecule is NC(=O)Cc1ccc(Oc2cccc(-c3ccccc3)c2)cc1OCCCCC(=O)O.[NaH]. The van der Waals surface area contributed by atoms with Gasteiger partial charge in [-0.1, -0.05) is 48.5 Å². The van der Waals surface area contributed by atoms with Gasteiger partial charge in [0, 0.05) is 18.1 Å². The first kappa shape index (κ1) is 25.5. The minimum absolute atomic E-state index is 0. The van der Waals surface area contributed by atoms with Crippen molar-refractivity contribution in [3.8, 4) is 28.4 Å². The van der Waals surface area contributed by atoms with Crippen LogP contribution in [0, 0.1) is 0 Å². The van der Waals surface area contributed by atoms with Crippen LogP contribution in [-0.2, 0) is 16.0 Å². The maximum atomic E-state index is 11.4. The molecule has 3 N–H and O–H groups in total. The number of benzene rings is 3. The Morgan fingerprint density at radius 1 is 0.844 bits per heavy atom. The Balaban J connectivity index is 0.00000363. The van der Waals surface area contributed by atoms with Crippen LogP contribution in [0.25, 0.3) is 11.1 Å². The van der Waals surface area contributed by atoms with Gasteiger partial charge in [-0.3, -0.25) is 9.59 Å². The summed E-state index contributed by atoms with van der Waals surface area (Å²) in [6.07, 6.45) is 1.25. The van der Waals surface area contributed by atoms with E-state index in [0.717, 1.165) is 11.1 Å². The Morgan fingerprint density at radius 3 is 2.28 bits per heavy atom. The molecular weight excluding hydrogens is 417 g/mol. The molecule has 1 amide bonds. The van der Waals surface area contributed by atoms with Gasteiger partial charge in [0.15, 0.2) is 0 Å². The first-order chi connectivity index (χ1) is 15.0. The van der Waals surface area contributed by atoms with Crippen LogP contribution in [0.3, 0.4) is 0 Å². The number of hydrogen-bond acceptors (Lipinski definition) is 4. The van der Waals surface area contributed by atoms with Crippen molar-refractivity contribution >= 4 is 41.4 Å². The number of primary amides is 1. The Morgan fingerprint density at radius 2 is 1.56 bits per heavy atom. The zero-order valence-electron chi connectivity index (χ0n) is 17.1. The van der Waals surface area contributed by atoms with Crippen molar-refractivity contribution in [2.45, 2.75) is 25.7 Å². The summed E-state index contributed by atoms with van der Waals surface area (Å²) in [5.41, 5.74) is 8.14. The van der Waals surface area contributed by atoms with Crippen molar-refractivity contribution in [1.29, 1.82) is 0 Å². The molecule has 7 heteroatoms. The molecular formula is C25H26NNaO5. The third-order valence-electron chi connectivity index (χ3n) is 4.62. The molecule has 32 heavy (non-hydrogen) atoms. The van der Waals surface area contributed by atoms with Gasteiger partial charge in [-0.2, -0.15) is 0 Å². The molecule has 0 atom stereocenters. The van der Waals surface area contributed by atoms with E-state index in [-0.39, 0.29) is 42.4 Å². The topological polar surface area (TPSA) is 98.9 Å². The predicted molar refractivity (Wildman–Crippen MR) is 125 cm³/mol. The number of unbranched alkanes of at least 4 members (excludes halogenated alkanes) is 1. The number of carboxylic acid groups (broad SMARTS) is 1. The summed E-state index contributed by atoms with van der Waals surface area (Å²) in [5, 5.41) is 8.73. The fraction of sp³-hybridized carbons (Fsp3) is 0.200. The van der Waals surface area contributed by atoms with Crippen LogP contribution in [0.5, 0.6) is 17.2 Å². The van der Waals surface area contributed by atoms with Gasteiger partial charge in [-0.05, 0) is 42.2 Å². The molecule has 0 aliphatic heterocycles. The normalized spacial score (nSPS) is 10.1. The molecule has 3 aromatic carbocycles. The maximum absolute atomic E-state index is 11.4. The Labute approximate surface area is 209 Å². The number of ether oxygens (including phenoxy) is 2. The predicted octanol–water partition coefficient (Wildman–Crippen LogP) is 4.16. The van der Waals surface area contributed by atoms with E-state index in [1.165, 1.54) is 0 Å². The van der Waals surface area contributed by atoms with E-state index < -0.39 is 11.9 Å². The van der Waals surface area contributed by atoms with Crippen LogP contribution in [-0.4, -0.2) is 53.1 Å². The van der Waals surface area contributed by atoms with E-state index in [1.807, 2.05) is 54.6 Å². The molecule has 0 radical (unpaired) electrons. The van der Waals surface area contributed by atoms with Crippen LogP contribution < -0.4 is 15.2 Å². The van der Waals surface area contributed by atoms with Gasteiger partial charge in [0.25, 0.3) is 0 Å². The van der Waals surface area contributed by atoms with E-state index >= 15 is 0 Å². The van der Waals surface area contributed by atoms with Crippen molar-refractivity contribution < 1.29 is 24.2 Å². The molecule has 3 rings (SSSR count). The zero-order valence-corrected chi connectivity index (χ0v) is 17.1. The van der Waals surface area contributed by atoms with E-state index in [9.17, 15) is 9.59 Å². The van der Waals surface area contributed by atoms with E-state index in [0.29, 0.717) is 42.3 Å². The van der Waals surface area contributed by atoms with Crippen molar-refractivity contribution in [1.82, 2.24) is 0 Å². The van der Waals surface area contributed by atoms with Gasteiger partial charge < -0.3 is 20.3 Å². The molecule has 0 aromatic heterocycles. The van der Waals surface area contributed by atoms with E-state index in [2.05, 4.69) is 0 Å². The first-order valence-electron chi connectivity index (χ1n) is 10.1. The fourth-order valence-electron chi connectivity index (χ4n) is 3.13. The molecule has 162 valence electrons. The van der Waals surface area contributed by atoms with Crippen molar-refractivity contribution in [3.63, 3.8) is 0 Å². The van der Waals surface area contributed by atoms with E-state index in [1.54, 1.807) is 18.2 Å². The molecule has 0 saturated heterocycles. The van der Waals surface area contributed by atoms with Gasteiger partial charge in [-0.25, -0.2) is 0 Å². The molecule has 6 nitrogen and oxygen atoms in total. The monoisotopic (exact) mass is 443 g/mol. The number of hydrogen-bond donors (Lipinski definition) is 2. The molecule has 0 saturated carbocycles. The van der Waals surface area contributed by atoms with Crippen LogP contribution in [0.1, 0.15) is 24.8 Å². The van der Waals surface area contributed by atoms with Crippen LogP contribution in [0.4, 0.5) is 0 Å². The summed E-state index contributed by atoms with van der Waals surface area (Å²) in [6, 6.07) is 23.0. The second kappa shape index (κ2) is 12.9. The van der Waals surface area contributed by atoms with Crippen molar-refractivity contribution in [2.24, 2.45) is 5.73 Å². The van der Waals surface area contributed by atoms with Crippen LogP contribution in [0.2, 0.25) is 0 Å². The quantitative estimate of drug-likeness (QED) is 0.343. The second-order valence-electron chi connectivity index (χ2n) is 7.11. The third-order valence-corrected chi connectivity index (χ3v) is 4.62. The zero-order chi connectivity index (χ0) is 22.1. The summed E-state index contributed by atoms with van der Waals surface area (Å²) in [7, 11) is 0. The van der Waals surface area contributed by atoms with Crippen LogP contribution in [0.15, 0.2) is 72.8 Å². The molecule has 0 aliphatic carbocycles. The molecule has 0 spiro atoms. The molecule has 0 heterocycles. The van der Waals surface area contributed by atoms with Gasteiger partial charge in [0.1, 0.15) is 17.2 Å². The number of rotatable bonds is 11. The van der Waals surface area contributed by atoms with E-state index in [4.69, 9.17) is 20.3 Å². The number of carbonyl (C=O) groups is 2. The Bertz CT molecular complexity index is 1040. The van der Waals surface area contributed by atoms with Crippen LogP contribution >= 0.6 is 0 Å². The summed E-state index contributed by atoms with van der Waals surface area (Å²) >= 11 is 0. The number of carboxylic acids is 1. The second-order valence-corrected chi connectivity index (χ2v) is 7.11. The summed E-state index contributed by atoms with van der Waals surface area (Å²) in [5.74, 6) is 0.462. The average Bonchev–Trinajstić information content (AvgIpc) is 2.75. The Kier molecular flexibility index (Phi) is 10.3. The van der Waals surface area contributed by atoms with Gasteiger partial charge in [0.05, 0.1) is 13.0 Å². The standard InChI is InChI=1S/C25H25NO5.Na.H/c26-24(27)16-20-12-13-22(17-23(20)30-14-5-4-11-25(28)29)31-21-10-6-9-19(15-21)18-7-2-1-3-8-18;;/h1-3,6-10,12-13,15,17H,4-5,11,14,16H2,(H2,26,27)(H,28,29);;. The molecule has 0 unspecified atom stereocenters. The third kappa shape index (κ3) is 8.04. The molecule has 3 aromatic rings.